The van der Waals surface area contributed by atoms with Crippen LogP contribution in [0.5, 0.6) is 0 Å². The number of likely N-dealkylation sites (tertiary alicyclic amines) is 1. The van der Waals surface area contributed by atoms with Crippen molar-refractivity contribution in [2.45, 2.75) is 19.0 Å². The van der Waals surface area contributed by atoms with Crippen molar-refractivity contribution in [3.63, 3.8) is 0 Å². The van der Waals surface area contributed by atoms with Gasteiger partial charge in [0.15, 0.2) is 0 Å². The molecule has 0 atom stereocenters. The van der Waals surface area contributed by atoms with Gasteiger partial charge in [-0.25, -0.2) is 0 Å². The summed E-state index contributed by atoms with van der Waals surface area (Å²) in [6.07, 6.45) is -2.52. The minimum Gasteiger partial charge on any atom is -0.334 e. The number of nitrogens with zero attached hydrogens (tertiary/aromatic N) is 3. The van der Waals surface area contributed by atoms with Crippen LogP contribution in [0.25, 0.3) is 11.4 Å². The Morgan fingerprint density at radius 3 is 2.36 bits per heavy atom. The molecule has 0 radical (unpaired) electrons. The Hall–Kier alpha value is -2.38. The van der Waals surface area contributed by atoms with Gasteiger partial charge in [-0.2, -0.15) is 18.2 Å². The van der Waals surface area contributed by atoms with Gasteiger partial charge in [0.05, 0.1) is 5.56 Å². The van der Waals surface area contributed by atoms with Crippen LogP contribution in [-0.4, -0.2) is 34.0 Å². The van der Waals surface area contributed by atoms with E-state index in [0.717, 1.165) is 25.0 Å². The van der Waals surface area contributed by atoms with Gasteiger partial charge in [0, 0.05) is 18.7 Å². The maximum atomic E-state index is 12.5. The highest BCUT2D eigenvalue weighted by molar-refractivity contribution is 5.90. The van der Waals surface area contributed by atoms with Crippen LogP contribution in [0, 0.1) is 0 Å². The summed E-state index contributed by atoms with van der Waals surface area (Å²) in [5, 5.41) is 3.66. The molecule has 1 aromatic carbocycles. The van der Waals surface area contributed by atoms with Gasteiger partial charge in [-0.3, -0.25) is 4.79 Å². The number of aromatic nitrogens is 2. The molecule has 1 aliphatic heterocycles. The summed E-state index contributed by atoms with van der Waals surface area (Å²) >= 11 is 0. The number of rotatable bonds is 2. The maximum Gasteiger partial charge on any atom is 0.416 e. The molecule has 0 unspecified atom stereocenters. The molecule has 0 saturated carbocycles. The van der Waals surface area contributed by atoms with Crippen LogP contribution in [0.1, 0.15) is 29.1 Å². The van der Waals surface area contributed by atoms with E-state index in [9.17, 15) is 18.0 Å². The Kier molecular flexibility index (Phi) is 3.59. The van der Waals surface area contributed by atoms with E-state index in [1.54, 1.807) is 4.90 Å². The lowest BCUT2D eigenvalue weighted by atomic mass is 10.1. The molecule has 0 bridgehead atoms. The minimum absolute atomic E-state index is 0.0938. The van der Waals surface area contributed by atoms with E-state index >= 15 is 0 Å². The third-order valence-electron chi connectivity index (χ3n) is 3.47. The second kappa shape index (κ2) is 5.43. The largest absolute Gasteiger partial charge is 0.416 e. The minimum atomic E-state index is -4.40. The van der Waals surface area contributed by atoms with Crippen molar-refractivity contribution in [1.82, 2.24) is 15.0 Å². The number of halogens is 3. The number of hydrogen-bond acceptors (Lipinski definition) is 4. The lowest BCUT2D eigenvalue weighted by molar-refractivity contribution is -0.137. The molecule has 8 heteroatoms. The van der Waals surface area contributed by atoms with Crippen molar-refractivity contribution >= 4 is 5.91 Å². The quantitative estimate of drug-likeness (QED) is 0.855. The van der Waals surface area contributed by atoms with Crippen LogP contribution in [-0.2, 0) is 6.18 Å². The molecule has 0 N–H and O–H groups in total. The standard InChI is InChI=1S/C14H12F3N3O2/c15-14(16,17)10-5-3-9(4-6-10)11-18-12(22-19-11)13(21)20-7-1-2-8-20/h3-6H,1-2,7-8H2. The first-order chi connectivity index (χ1) is 10.4. The summed E-state index contributed by atoms with van der Waals surface area (Å²) in [5.74, 6) is -0.392. The first-order valence-electron chi connectivity index (χ1n) is 6.76. The first-order valence-corrected chi connectivity index (χ1v) is 6.76. The van der Waals surface area contributed by atoms with Crippen LogP contribution >= 0.6 is 0 Å². The lowest BCUT2D eigenvalue weighted by Gasteiger charge is -2.10. The van der Waals surface area contributed by atoms with Gasteiger partial charge in [-0.15, -0.1) is 0 Å². The zero-order valence-electron chi connectivity index (χ0n) is 11.4. The lowest BCUT2D eigenvalue weighted by Crippen LogP contribution is -2.27. The highest BCUT2D eigenvalue weighted by Crippen LogP contribution is 2.30. The predicted molar refractivity (Wildman–Crippen MR) is 69.9 cm³/mol. The Morgan fingerprint density at radius 2 is 1.77 bits per heavy atom. The van der Waals surface area contributed by atoms with E-state index in [1.165, 1.54) is 12.1 Å². The van der Waals surface area contributed by atoms with Gasteiger partial charge < -0.3 is 9.42 Å². The number of amides is 1. The third-order valence-corrected chi connectivity index (χ3v) is 3.47. The molecule has 0 spiro atoms. The van der Waals surface area contributed by atoms with E-state index in [2.05, 4.69) is 10.1 Å². The second-order valence-electron chi connectivity index (χ2n) is 5.00. The van der Waals surface area contributed by atoms with Crippen molar-refractivity contribution in [3.8, 4) is 11.4 Å². The summed E-state index contributed by atoms with van der Waals surface area (Å²) in [4.78, 5) is 17.6. The van der Waals surface area contributed by atoms with Crippen molar-refractivity contribution in [2.75, 3.05) is 13.1 Å². The number of hydrogen-bond donors (Lipinski definition) is 0. The van der Waals surface area contributed by atoms with E-state index < -0.39 is 11.7 Å². The fourth-order valence-electron chi connectivity index (χ4n) is 2.29. The smallest absolute Gasteiger partial charge is 0.334 e. The summed E-state index contributed by atoms with van der Waals surface area (Å²) in [5.41, 5.74) is -0.398. The van der Waals surface area contributed by atoms with E-state index in [4.69, 9.17) is 4.52 Å². The fraction of sp³-hybridized carbons (Fsp3) is 0.357. The molecule has 1 amide bonds. The molecular weight excluding hydrogens is 299 g/mol. The van der Waals surface area contributed by atoms with Crippen LogP contribution in [0.2, 0.25) is 0 Å². The molecule has 5 nitrogen and oxygen atoms in total. The summed E-state index contributed by atoms with van der Waals surface area (Å²) in [7, 11) is 0. The van der Waals surface area contributed by atoms with Gasteiger partial charge in [0.2, 0.25) is 5.82 Å². The van der Waals surface area contributed by atoms with Crippen molar-refractivity contribution < 1.29 is 22.5 Å². The Morgan fingerprint density at radius 1 is 1.14 bits per heavy atom. The molecule has 116 valence electrons. The molecule has 2 heterocycles. The van der Waals surface area contributed by atoms with Gasteiger partial charge in [0.1, 0.15) is 0 Å². The Labute approximate surface area is 123 Å². The first kappa shape index (κ1) is 14.6. The van der Waals surface area contributed by atoms with Crippen LogP contribution < -0.4 is 0 Å². The maximum absolute atomic E-state index is 12.5. The van der Waals surface area contributed by atoms with Gasteiger partial charge in [-0.1, -0.05) is 17.3 Å². The molecule has 1 saturated heterocycles. The number of alkyl halides is 3. The molecule has 22 heavy (non-hydrogen) atoms. The SMILES string of the molecule is O=C(c1nc(-c2ccc(C(F)(F)F)cc2)no1)N1CCCC1. The Bertz CT molecular complexity index is 673. The summed E-state index contributed by atoms with van der Waals surface area (Å²) in [6, 6.07) is 4.37. The van der Waals surface area contributed by atoms with Gasteiger partial charge in [0.25, 0.3) is 0 Å². The van der Waals surface area contributed by atoms with Crippen LogP contribution in [0.3, 0.4) is 0 Å². The predicted octanol–water partition coefficient (Wildman–Crippen LogP) is 2.99. The Balaban J connectivity index is 1.80. The number of carbonyl (C=O) groups is 1. The molecular formula is C14H12F3N3O2. The molecule has 1 aliphatic rings. The normalized spacial score (nSPS) is 15.3. The van der Waals surface area contributed by atoms with Crippen molar-refractivity contribution in [2.24, 2.45) is 0 Å². The van der Waals surface area contributed by atoms with Crippen molar-refractivity contribution in [3.05, 3.63) is 35.7 Å². The average molecular weight is 311 g/mol. The topological polar surface area (TPSA) is 59.2 Å². The summed E-state index contributed by atoms with van der Waals surface area (Å²) < 4.78 is 42.4. The van der Waals surface area contributed by atoms with Gasteiger partial charge >= 0.3 is 18.0 Å². The molecule has 0 aliphatic carbocycles. The van der Waals surface area contributed by atoms with E-state index in [-0.39, 0.29) is 17.6 Å². The van der Waals surface area contributed by atoms with Gasteiger partial charge in [-0.05, 0) is 25.0 Å². The molecule has 2 aromatic rings. The molecule has 1 fully saturated rings. The highest BCUT2D eigenvalue weighted by Gasteiger charge is 2.30. The zero-order chi connectivity index (χ0) is 15.7. The second-order valence-corrected chi connectivity index (χ2v) is 5.00. The third kappa shape index (κ3) is 2.81. The van der Waals surface area contributed by atoms with Crippen molar-refractivity contribution in [1.29, 1.82) is 0 Å². The zero-order valence-corrected chi connectivity index (χ0v) is 11.4. The molecule has 1 aromatic heterocycles. The fourth-order valence-corrected chi connectivity index (χ4v) is 2.29. The van der Waals surface area contributed by atoms with E-state index in [1.807, 2.05) is 0 Å². The highest BCUT2D eigenvalue weighted by atomic mass is 19.4. The molecule has 3 rings (SSSR count). The number of benzene rings is 1. The van der Waals surface area contributed by atoms with E-state index in [0.29, 0.717) is 18.7 Å². The van der Waals surface area contributed by atoms with Crippen LogP contribution in [0.15, 0.2) is 28.8 Å². The average Bonchev–Trinajstić information content (AvgIpc) is 3.17. The van der Waals surface area contributed by atoms with Crippen LogP contribution in [0.4, 0.5) is 13.2 Å². The summed E-state index contributed by atoms with van der Waals surface area (Å²) in [6.45, 7) is 1.30. The monoisotopic (exact) mass is 311 g/mol. The number of carbonyl (C=O) groups excluding carboxylic acids is 1.